The van der Waals surface area contributed by atoms with Crippen molar-refractivity contribution in [3.8, 4) is 0 Å². The molecule has 1 rings (SSSR count). The summed E-state index contributed by atoms with van der Waals surface area (Å²) >= 11 is 0. The summed E-state index contributed by atoms with van der Waals surface area (Å²) in [7, 11) is 1.28. The van der Waals surface area contributed by atoms with Crippen molar-refractivity contribution in [2.75, 3.05) is 7.11 Å². The van der Waals surface area contributed by atoms with E-state index < -0.39 is 12.0 Å². The fourth-order valence-corrected chi connectivity index (χ4v) is 1.10. The number of ether oxygens (including phenoxy) is 1. The summed E-state index contributed by atoms with van der Waals surface area (Å²) in [6.07, 6.45) is 1.61. The SMILES string of the molecule is COC(=O)C(C)NC(=O)Cc1ccco1. The van der Waals surface area contributed by atoms with Crippen molar-refractivity contribution in [1.82, 2.24) is 5.32 Å². The lowest BCUT2D eigenvalue weighted by molar-refractivity contribution is -0.144. The van der Waals surface area contributed by atoms with Crippen LogP contribution in [0.3, 0.4) is 0 Å². The van der Waals surface area contributed by atoms with E-state index in [0.29, 0.717) is 5.76 Å². The van der Waals surface area contributed by atoms with E-state index in [2.05, 4.69) is 10.1 Å². The number of hydrogen-bond donors (Lipinski definition) is 1. The fraction of sp³-hybridized carbons (Fsp3) is 0.400. The Morgan fingerprint density at radius 1 is 1.60 bits per heavy atom. The van der Waals surface area contributed by atoms with Crippen molar-refractivity contribution < 1.29 is 18.7 Å². The molecule has 1 aromatic heterocycles. The van der Waals surface area contributed by atoms with Gasteiger partial charge in [0, 0.05) is 0 Å². The first kappa shape index (κ1) is 11.3. The third kappa shape index (κ3) is 3.46. The lowest BCUT2D eigenvalue weighted by Gasteiger charge is -2.10. The van der Waals surface area contributed by atoms with Crippen molar-refractivity contribution >= 4 is 11.9 Å². The quantitative estimate of drug-likeness (QED) is 0.736. The highest BCUT2D eigenvalue weighted by molar-refractivity contribution is 5.84. The van der Waals surface area contributed by atoms with Crippen LogP contribution < -0.4 is 5.32 Å². The molecule has 0 aliphatic heterocycles. The van der Waals surface area contributed by atoms with Gasteiger partial charge in [0.25, 0.3) is 0 Å². The van der Waals surface area contributed by atoms with Crippen molar-refractivity contribution in [3.63, 3.8) is 0 Å². The highest BCUT2D eigenvalue weighted by Crippen LogP contribution is 2.00. The van der Waals surface area contributed by atoms with E-state index in [9.17, 15) is 9.59 Å². The Morgan fingerprint density at radius 2 is 2.33 bits per heavy atom. The molecule has 5 heteroatoms. The van der Waals surface area contributed by atoms with Gasteiger partial charge in [-0.25, -0.2) is 4.79 Å². The maximum atomic E-state index is 11.4. The molecular weight excluding hydrogens is 198 g/mol. The Morgan fingerprint density at radius 3 is 2.87 bits per heavy atom. The molecular formula is C10H13NO4. The number of nitrogens with one attached hydrogen (secondary N) is 1. The lowest BCUT2D eigenvalue weighted by Crippen LogP contribution is -2.39. The first-order valence-electron chi connectivity index (χ1n) is 4.53. The second kappa shape index (κ2) is 5.19. The molecule has 82 valence electrons. The van der Waals surface area contributed by atoms with E-state index in [1.165, 1.54) is 13.4 Å². The molecule has 1 amide bonds. The fourth-order valence-electron chi connectivity index (χ4n) is 1.10. The summed E-state index contributed by atoms with van der Waals surface area (Å²) in [6.45, 7) is 1.56. The first-order chi connectivity index (χ1) is 7.13. The molecule has 0 saturated carbocycles. The Balaban J connectivity index is 2.39. The van der Waals surface area contributed by atoms with Crippen molar-refractivity contribution in [3.05, 3.63) is 24.2 Å². The second-order valence-electron chi connectivity index (χ2n) is 3.07. The molecule has 1 heterocycles. The van der Waals surface area contributed by atoms with Gasteiger partial charge in [0.1, 0.15) is 11.8 Å². The Kier molecular flexibility index (Phi) is 3.91. The number of furan rings is 1. The number of carbonyl (C=O) groups excluding carboxylic acids is 2. The Labute approximate surface area is 87.4 Å². The summed E-state index contributed by atoms with van der Waals surface area (Å²) in [5.41, 5.74) is 0. The molecule has 0 bridgehead atoms. The molecule has 1 aromatic rings. The number of amides is 1. The van der Waals surface area contributed by atoms with Crippen molar-refractivity contribution in [2.24, 2.45) is 0 Å². The molecule has 0 aliphatic rings. The predicted octanol–water partition coefficient (Wildman–Crippen LogP) is 0.500. The van der Waals surface area contributed by atoms with Gasteiger partial charge in [0.05, 0.1) is 19.8 Å². The molecule has 0 saturated heterocycles. The van der Waals surface area contributed by atoms with Crippen LogP contribution in [-0.4, -0.2) is 25.0 Å². The van der Waals surface area contributed by atoms with Crippen LogP contribution in [0.1, 0.15) is 12.7 Å². The maximum Gasteiger partial charge on any atom is 0.328 e. The van der Waals surface area contributed by atoms with Gasteiger partial charge < -0.3 is 14.5 Å². The zero-order valence-corrected chi connectivity index (χ0v) is 8.65. The van der Waals surface area contributed by atoms with Gasteiger partial charge >= 0.3 is 5.97 Å². The number of hydrogen-bond acceptors (Lipinski definition) is 4. The van der Waals surface area contributed by atoms with E-state index in [4.69, 9.17) is 4.42 Å². The molecule has 0 spiro atoms. The summed E-state index contributed by atoms with van der Waals surface area (Å²) in [4.78, 5) is 22.4. The minimum atomic E-state index is -0.641. The molecule has 0 aromatic carbocycles. The maximum absolute atomic E-state index is 11.4. The third-order valence-electron chi connectivity index (χ3n) is 1.85. The van der Waals surface area contributed by atoms with E-state index in [-0.39, 0.29) is 12.3 Å². The van der Waals surface area contributed by atoms with E-state index in [1.807, 2.05) is 0 Å². The smallest absolute Gasteiger partial charge is 0.328 e. The summed E-state index contributed by atoms with van der Waals surface area (Å²) < 4.78 is 9.47. The van der Waals surface area contributed by atoms with E-state index >= 15 is 0 Å². The molecule has 0 aliphatic carbocycles. The highest BCUT2D eigenvalue weighted by atomic mass is 16.5. The van der Waals surface area contributed by atoms with Crippen LogP contribution in [0.25, 0.3) is 0 Å². The Hall–Kier alpha value is -1.78. The average molecular weight is 211 g/mol. The summed E-state index contributed by atoms with van der Waals surface area (Å²) in [5.74, 6) is -0.185. The molecule has 15 heavy (non-hydrogen) atoms. The minimum Gasteiger partial charge on any atom is -0.469 e. The van der Waals surface area contributed by atoms with Gasteiger partial charge in [-0.15, -0.1) is 0 Å². The van der Waals surface area contributed by atoms with Gasteiger partial charge in [-0.1, -0.05) is 0 Å². The normalized spacial score (nSPS) is 11.9. The van der Waals surface area contributed by atoms with Crippen LogP contribution in [0.2, 0.25) is 0 Å². The number of rotatable bonds is 4. The number of carbonyl (C=O) groups is 2. The van der Waals surface area contributed by atoms with Gasteiger partial charge in [0.2, 0.25) is 5.91 Å². The second-order valence-corrected chi connectivity index (χ2v) is 3.07. The van der Waals surface area contributed by atoms with Crippen molar-refractivity contribution in [2.45, 2.75) is 19.4 Å². The van der Waals surface area contributed by atoms with Crippen molar-refractivity contribution in [1.29, 1.82) is 0 Å². The van der Waals surface area contributed by atoms with Crippen LogP contribution in [0.5, 0.6) is 0 Å². The highest BCUT2D eigenvalue weighted by Gasteiger charge is 2.16. The molecule has 0 radical (unpaired) electrons. The topological polar surface area (TPSA) is 68.5 Å². The molecule has 1 atom stereocenters. The van der Waals surface area contributed by atoms with Crippen LogP contribution >= 0.6 is 0 Å². The summed E-state index contributed by atoms with van der Waals surface area (Å²) in [6, 6.07) is 2.76. The van der Waals surface area contributed by atoms with Gasteiger partial charge in [-0.3, -0.25) is 4.79 Å². The molecule has 5 nitrogen and oxygen atoms in total. The largest absolute Gasteiger partial charge is 0.469 e. The van der Waals surface area contributed by atoms with E-state index in [0.717, 1.165) is 0 Å². The molecule has 1 N–H and O–H groups in total. The summed E-state index contributed by atoms with van der Waals surface area (Å²) in [5, 5.41) is 2.50. The first-order valence-corrected chi connectivity index (χ1v) is 4.53. The zero-order chi connectivity index (χ0) is 11.3. The Bertz CT molecular complexity index is 331. The third-order valence-corrected chi connectivity index (χ3v) is 1.85. The number of methoxy groups -OCH3 is 1. The van der Waals surface area contributed by atoms with Crippen LogP contribution in [0, 0.1) is 0 Å². The van der Waals surface area contributed by atoms with Crippen LogP contribution in [0.4, 0.5) is 0 Å². The number of esters is 1. The predicted molar refractivity (Wildman–Crippen MR) is 52.0 cm³/mol. The average Bonchev–Trinajstić information content (AvgIpc) is 2.68. The minimum absolute atomic E-state index is 0.119. The van der Waals surface area contributed by atoms with Crippen LogP contribution in [-0.2, 0) is 20.7 Å². The van der Waals surface area contributed by atoms with Gasteiger partial charge in [-0.2, -0.15) is 0 Å². The lowest BCUT2D eigenvalue weighted by atomic mass is 10.3. The monoisotopic (exact) mass is 211 g/mol. The zero-order valence-electron chi connectivity index (χ0n) is 8.65. The standard InChI is InChI=1S/C10H13NO4/c1-7(10(13)14-2)11-9(12)6-8-4-3-5-15-8/h3-5,7H,6H2,1-2H3,(H,11,12). The van der Waals surface area contributed by atoms with Crippen LogP contribution in [0.15, 0.2) is 22.8 Å². The van der Waals surface area contributed by atoms with Gasteiger partial charge in [-0.05, 0) is 19.1 Å². The van der Waals surface area contributed by atoms with Gasteiger partial charge in [0.15, 0.2) is 0 Å². The molecule has 0 fully saturated rings. The van der Waals surface area contributed by atoms with E-state index in [1.54, 1.807) is 19.1 Å². The molecule has 1 unspecified atom stereocenters.